The summed E-state index contributed by atoms with van der Waals surface area (Å²) in [5, 5.41) is 12.6. The maximum Gasteiger partial charge on any atom is 0.243 e. The number of aryl methyl sites for hydroxylation is 1. The normalized spacial score (nSPS) is 11.8. The summed E-state index contributed by atoms with van der Waals surface area (Å²) in [7, 11) is 0. The summed E-state index contributed by atoms with van der Waals surface area (Å²) in [6, 6.07) is 3.33. The van der Waals surface area contributed by atoms with Gasteiger partial charge in [0.25, 0.3) is 0 Å². The van der Waals surface area contributed by atoms with Crippen LogP contribution in [0.1, 0.15) is 12.7 Å². The lowest BCUT2D eigenvalue weighted by Gasteiger charge is -2.13. The van der Waals surface area contributed by atoms with Crippen LogP contribution in [0.5, 0.6) is 0 Å². The maximum absolute atomic E-state index is 13.7. The van der Waals surface area contributed by atoms with E-state index < -0.39 is 46.7 Å². The first-order valence-corrected chi connectivity index (χ1v) is 10.6. The highest BCUT2D eigenvalue weighted by molar-refractivity contribution is 8.00. The maximum atomic E-state index is 13.7. The van der Waals surface area contributed by atoms with Gasteiger partial charge in [0.2, 0.25) is 11.8 Å². The second kappa shape index (κ2) is 10.4. The Hall–Kier alpha value is -3.54. The summed E-state index contributed by atoms with van der Waals surface area (Å²) in [4.78, 5) is 24.4. The first kappa shape index (κ1) is 24.1. The lowest BCUT2D eigenvalue weighted by Crippen LogP contribution is -2.37. The van der Waals surface area contributed by atoms with Gasteiger partial charge in [0, 0.05) is 6.54 Å². The number of halogens is 3. The van der Waals surface area contributed by atoms with Crippen molar-refractivity contribution < 1.29 is 27.2 Å². The average molecular weight is 479 g/mol. The molecule has 0 bridgehead atoms. The van der Waals surface area contributed by atoms with Gasteiger partial charge in [-0.25, -0.2) is 13.2 Å². The van der Waals surface area contributed by atoms with E-state index in [-0.39, 0.29) is 0 Å². The number of hydrogen-bond acceptors (Lipinski definition) is 6. The number of thioether (sulfide) groups is 1. The zero-order chi connectivity index (χ0) is 24.1. The lowest BCUT2D eigenvalue weighted by atomic mass is 10.2. The smallest absolute Gasteiger partial charge is 0.243 e. The molecule has 1 aromatic carbocycles. The second-order valence-corrected chi connectivity index (χ2v) is 8.15. The molecule has 0 saturated carbocycles. The topological polar surface area (TPSA) is 102 Å². The van der Waals surface area contributed by atoms with Crippen LogP contribution in [-0.2, 0) is 16.1 Å². The molecule has 8 nitrogen and oxygen atoms in total. The van der Waals surface area contributed by atoms with Crippen LogP contribution in [0.25, 0.3) is 11.4 Å². The van der Waals surface area contributed by atoms with Crippen LogP contribution in [0.15, 0.2) is 46.7 Å². The number of carbonyl (C=O) groups excluding carboxylic acids is 2. The quantitative estimate of drug-likeness (QED) is 0.276. The number of nitrogens with zero attached hydrogens (tertiary/aromatic N) is 3. The molecule has 2 heterocycles. The minimum atomic E-state index is -1.70. The summed E-state index contributed by atoms with van der Waals surface area (Å²) >= 11 is 1.12. The van der Waals surface area contributed by atoms with Crippen molar-refractivity contribution in [2.75, 3.05) is 11.9 Å². The number of carbonyl (C=O) groups is 2. The largest absolute Gasteiger partial charge is 0.469 e. The van der Waals surface area contributed by atoms with Gasteiger partial charge < -0.3 is 15.1 Å². The number of hydrogen-bond donors (Lipinski definition) is 2. The molecular formula is C21H20F3N5O3S. The molecule has 3 rings (SSSR count). The van der Waals surface area contributed by atoms with Crippen molar-refractivity contribution in [1.29, 1.82) is 0 Å². The van der Waals surface area contributed by atoms with Crippen molar-refractivity contribution in [2.24, 2.45) is 0 Å². The van der Waals surface area contributed by atoms with Crippen LogP contribution < -0.4 is 10.6 Å². The van der Waals surface area contributed by atoms with Crippen molar-refractivity contribution in [3.63, 3.8) is 0 Å². The third-order valence-electron chi connectivity index (χ3n) is 4.51. The van der Waals surface area contributed by atoms with Gasteiger partial charge in [0.1, 0.15) is 5.76 Å². The Morgan fingerprint density at radius 1 is 1.24 bits per heavy atom. The number of furan rings is 1. The molecule has 33 heavy (non-hydrogen) atoms. The number of amides is 2. The van der Waals surface area contributed by atoms with E-state index in [0.717, 1.165) is 23.4 Å². The Morgan fingerprint density at radius 3 is 2.67 bits per heavy atom. The highest BCUT2D eigenvalue weighted by Crippen LogP contribution is 2.29. The zero-order valence-corrected chi connectivity index (χ0v) is 18.5. The van der Waals surface area contributed by atoms with Crippen LogP contribution in [0.3, 0.4) is 0 Å². The fourth-order valence-corrected chi connectivity index (χ4v) is 3.71. The highest BCUT2D eigenvalue weighted by atomic mass is 32.2. The van der Waals surface area contributed by atoms with Crippen LogP contribution in [0.4, 0.5) is 18.9 Å². The zero-order valence-electron chi connectivity index (χ0n) is 17.7. The van der Waals surface area contributed by atoms with E-state index >= 15 is 0 Å². The molecule has 12 heteroatoms. The minimum Gasteiger partial charge on any atom is -0.469 e. The molecule has 0 aliphatic rings. The van der Waals surface area contributed by atoms with Gasteiger partial charge in [-0.15, -0.1) is 16.8 Å². The molecular weight excluding hydrogens is 459 g/mol. The molecule has 1 unspecified atom stereocenters. The summed E-state index contributed by atoms with van der Waals surface area (Å²) in [6.45, 7) is 7.04. The Balaban J connectivity index is 1.61. The van der Waals surface area contributed by atoms with Crippen molar-refractivity contribution in [3.8, 4) is 11.4 Å². The molecule has 2 N–H and O–H groups in total. The standard InChI is InChI=1S/C21H20F3N5O3S/c1-4-8-29-19(13-7-9-32-11(13)2)27-28-21(29)33-12(3)20(31)25-10-16(30)26-15-6-5-14(22)17(23)18(15)24/h4-7,9,12H,1,8,10H2,2-3H3,(H,25,31)(H,26,30). The fourth-order valence-electron chi connectivity index (χ4n) is 2.83. The Morgan fingerprint density at radius 2 is 2.00 bits per heavy atom. The Kier molecular flexibility index (Phi) is 7.59. The van der Waals surface area contributed by atoms with Gasteiger partial charge in [-0.2, -0.15) is 0 Å². The second-order valence-electron chi connectivity index (χ2n) is 6.84. The number of rotatable bonds is 9. The summed E-state index contributed by atoms with van der Waals surface area (Å²) in [6.07, 6.45) is 3.20. The van der Waals surface area contributed by atoms with Crippen LogP contribution >= 0.6 is 11.8 Å². The minimum absolute atomic E-state index is 0.395. The van der Waals surface area contributed by atoms with Gasteiger partial charge >= 0.3 is 0 Å². The van der Waals surface area contributed by atoms with Crippen molar-refractivity contribution in [2.45, 2.75) is 30.8 Å². The van der Waals surface area contributed by atoms with Crippen molar-refractivity contribution >= 4 is 29.3 Å². The molecule has 174 valence electrons. The van der Waals surface area contributed by atoms with Crippen molar-refractivity contribution in [1.82, 2.24) is 20.1 Å². The Bertz CT molecular complexity index is 1190. The number of benzene rings is 1. The average Bonchev–Trinajstić information content (AvgIpc) is 3.38. The molecule has 1 atom stereocenters. The summed E-state index contributed by atoms with van der Waals surface area (Å²) < 4.78 is 47.0. The van der Waals surface area contributed by atoms with E-state index in [9.17, 15) is 22.8 Å². The summed E-state index contributed by atoms with van der Waals surface area (Å²) in [5.74, 6) is -4.67. The number of aromatic nitrogens is 3. The third-order valence-corrected chi connectivity index (χ3v) is 5.59. The van der Waals surface area contributed by atoms with Crippen LogP contribution in [0, 0.1) is 24.4 Å². The van der Waals surface area contributed by atoms with Gasteiger partial charge in [-0.05, 0) is 32.0 Å². The van der Waals surface area contributed by atoms with E-state index in [2.05, 4.69) is 27.4 Å². The fraction of sp³-hybridized carbons (Fsp3) is 0.238. The van der Waals surface area contributed by atoms with E-state index in [4.69, 9.17) is 4.42 Å². The lowest BCUT2D eigenvalue weighted by molar-refractivity contribution is -0.123. The summed E-state index contributed by atoms with van der Waals surface area (Å²) in [5.41, 5.74) is 0.226. The number of allylic oxidation sites excluding steroid dienone is 1. The molecule has 0 saturated heterocycles. The number of anilines is 1. The van der Waals surface area contributed by atoms with E-state index in [0.29, 0.717) is 29.4 Å². The van der Waals surface area contributed by atoms with Gasteiger partial charge in [0.15, 0.2) is 28.4 Å². The molecule has 0 aliphatic heterocycles. The third kappa shape index (κ3) is 5.45. The van der Waals surface area contributed by atoms with Crippen LogP contribution in [-0.4, -0.2) is 38.4 Å². The monoisotopic (exact) mass is 479 g/mol. The van der Waals surface area contributed by atoms with Gasteiger partial charge in [-0.3, -0.25) is 14.2 Å². The molecule has 2 amide bonds. The molecule has 0 fully saturated rings. The van der Waals surface area contributed by atoms with Crippen LogP contribution in [0.2, 0.25) is 0 Å². The Labute approximate surface area is 191 Å². The predicted molar refractivity (Wildman–Crippen MR) is 116 cm³/mol. The predicted octanol–water partition coefficient (Wildman–Crippen LogP) is 3.69. The molecule has 0 radical (unpaired) electrons. The first-order chi connectivity index (χ1) is 15.7. The number of nitrogens with one attached hydrogen (secondary N) is 2. The van der Waals surface area contributed by atoms with Gasteiger partial charge in [-0.1, -0.05) is 17.8 Å². The van der Waals surface area contributed by atoms with E-state index in [1.807, 2.05) is 0 Å². The molecule has 0 spiro atoms. The molecule has 3 aromatic rings. The highest BCUT2D eigenvalue weighted by Gasteiger charge is 2.22. The SMILES string of the molecule is C=CCn1c(SC(C)C(=O)NCC(=O)Nc2ccc(F)c(F)c2F)nnc1-c1ccoc1C. The molecule has 2 aromatic heterocycles. The van der Waals surface area contributed by atoms with Crippen molar-refractivity contribution in [3.05, 3.63) is 60.3 Å². The van der Waals surface area contributed by atoms with E-state index in [1.165, 1.54) is 6.26 Å². The van der Waals surface area contributed by atoms with E-state index in [1.54, 1.807) is 30.6 Å². The van der Waals surface area contributed by atoms with Gasteiger partial charge in [0.05, 0.1) is 29.3 Å². The molecule has 0 aliphatic carbocycles. The first-order valence-electron chi connectivity index (χ1n) is 9.69.